The van der Waals surface area contributed by atoms with Crippen LogP contribution in [0.4, 0.5) is 0 Å². The zero-order valence-electron chi connectivity index (χ0n) is 36.2. The van der Waals surface area contributed by atoms with Gasteiger partial charge in [0.1, 0.15) is 30.5 Å². The van der Waals surface area contributed by atoms with Crippen LogP contribution < -0.4 is 0 Å². The molecular formula is C47H66O13. The Bertz CT molecular complexity index is 1700. The smallest absolute Gasteiger partial charge is 0.309 e. The first-order valence-electron chi connectivity index (χ1n) is 20.2. The van der Waals surface area contributed by atoms with Crippen LogP contribution in [0.2, 0.25) is 0 Å². The first-order chi connectivity index (χ1) is 28.4. The Morgan fingerprint density at radius 1 is 1.00 bits per heavy atom. The van der Waals surface area contributed by atoms with Crippen molar-refractivity contribution in [3.63, 3.8) is 0 Å². The third-order valence-corrected chi connectivity index (χ3v) is 10.4. The standard InChI is InChI=1S/C47H66O13/c1-29-20-19-21-31(3)42(53)38(50)24-17-11-10-12-18-25-40(60-41(52)27-26-30(2)39(51)28-29)33(5)43(54)32(4)36(48)22-15-13-14-16-23-37(49)34(6)58-47-46(57-9)44(55)45(56-8)35(7)59-47/h10-24,26,28,32-35,37-40,43-47,49-51,54-55H,25,27H2,1-9H3/b11-10+,14-13+,18-12+,20-19+,22-15+,23-16+,24-17+,29-28+,30-26-,31-21+/t32?,33?,34?,35-,37?,38?,39?,40?,43?,44+,45+,46-,47-/m1/s1/i10+1,14+1,15+1,17+1,18+1,19+1,23+1,26+1,29+1,31+1,34+1,36+1,38+1,39+1,40+1,41+1,43+1,48+2,51+2,52+2,54+2,58+2. The molecule has 0 aliphatic carbocycles. The molecule has 2 aliphatic rings. The van der Waals surface area contributed by atoms with Gasteiger partial charge in [0, 0.05) is 32.5 Å². The average Bonchev–Trinajstić information content (AvgIpc) is 3.21. The maximum atomic E-state index is 13.1. The highest BCUT2D eigenvalue weighted by Gasteiger charge is 2.45. The number of ether oxygens (including phenoxy) is 5. The summed E-state index contributed by atoms with van der Waals surface area (Å²) < 4.78 is 28.2. The minimum absolute atomic E-state index is 0.130. The van der Waals surface area contributed by atoms with E-state index in [-0.39, 0.29) is 18.6 Å². The molecule has 5 N–H and O–H groups in total. The summed E-state index contributed by atoms with van der Waals surface area (Å²) in [5.74, 6) is -2.90. The fourth-order valence-corrected chi connectivity index (χ4v) is 6.31. The van der Waals surface area contributed by atoms with Crippen molar-refractivity contribution in [3.8, 4) is 0 Å². The fourth-order valence-electron chi connectivity index (χ4n) is 6.31. The highest BCUT2D eigenvalue weighted by molar-refractivity contribution is 5.99. The number of carbonyl (C=O) groups excluding carboxylic acids is 3. The molecule has 13 heteroatoms. The molecule has 0 saturated carbocycles. The van der Waals surface area contributed by atoms with Crippen molar-refractivity contribution in [2.24, 2.45) is 11.8 Å². The molecule has 0 spiro atoms. The van der Waals surface area contributed by atoms with E-state index in [9.17, 15) is 39.9 Å². The maximum absolute atomic E-state index is 13.1. The third-order valence-electron chi connectivity index (χ3n) is 10.4. The molecule has 13 atom stereocenters. The van der Waals surface area contributed by atoms with E-state index in [1.807, 2.05) is 0 Å². The molecule has 0 bridgehead atoms. The number of rotatable bonds is 13. The Hall–Kier alpha value is -4.15. The van der Waals surface area contributed by atoms with Crippen LogP contribution >= 0.6 is 0 Å². The van der Waals surface area contributed by atoms with Crippen LogP contribution in [0.1, 0.15) is 61.3 Å². The SMILES string of the molecule is CO[C@@H]1[C@H](O)[C@@H](OC)[C@H]([18O][13CH](C)C(O)/[13CH]=C/[13CH]=C/[13CH]=C/[13C](=[18O])C(C)[13CH]([18OH])C(C)[13CH]2C/[13CH]=C/[13CH]=C/[13CH]=C/[13CH](O)C(=O)/[13C](C)=C/[13CH]=C/[13C](C)=C/[13CH]([18OH])/C(C)=[13CH]\C[13C](=[18O])O2)O[C@@H]1C. The van der Waals surface area contributed by atoms with Gasteiger partial charge in [0.05, 0.1) is 36.9 Å². The minimum Gasteiger partial charge on any atom is -0.461 e. The number of carbonyl (C=O) groups is 3. The second-order valence-corrected chi connectivity index (χ2v) is 15.1. The summed E-state index contributed by atoms with van der Waals surface area (Å²) in [6, 6.07) is 0. The van der Waals surface area contributed by atoms with Crippen LogP contribution in [0.3, 0.4) is 0 Å². The lowest BCUT2D eigenvalue weighted by Gasteiger charge is -2.43. The molecular weight excluding hydrogens is 799 g/mol. The first-order valence-corrected chi connectivity index (χ1v) is 20.2. The van der Waals surface area contributed by atoms with E-state index in [2.05, 4.69) is 0 Å². The van der Waals surface area contributed by atoms with Gasteiger partial charge < -0.3 is 49.2 Å². The number of aliphatic hydroxyl groups excluding tert-OH is 5. The second-order valence-electron chi connectivity index (χ2n) is 15.1. The van der Waals surface area contributed by atoms with Gasteiger partial charge in [-0.3, -0.25) is 14.4 Å². The number of esters is 1. The largest absolute Gasteiger partial charge is 0.461 e. The molecule has 2 rings (SSSR count). The summed E-state index contributed by atoms with van der Waals surface area (Å²) in [6.45, 7) is 11.8. The zero-order chi connectivity index (χ0) is 44.9. The molecule has 60 heavy (non-hydrogen) atoms. The molecule has 0 aromatic heterocycles. The van der Waals surface area contributed by atoms with E-state index < -0.39 is 90.9 Å². The van der Waals surface area contributed by atoms with Gasteiger partial charge in [-0.05, 0) is 64.0 Å². The lowest BCUT2D eigenvalue weighted by atomic mass is 10.00. The van der Waals surface area contributed by atoms with Gasteiger partial charge in [-0.15, -0.1) is 0 Å². The predicted octanol–water partition coefficient (Wildman–Crippen LogP) is 4.82. The number of Topliss-reactive ketones (excluding diaryl/α,β-unsaturated/α-hetero) is 1. The summed E-state index contributed by atoms with van der Waals surface area (Å²) in [4.78, 5) is 38.7. The Kier molecular flexibility index (Phi) is 23.3. The average molecular weight is 866 g/mol. The summed E-state index contributed by atoms with van der Waals surface area (Å²) in [7, 11) is 2.90. The van der Waals surface area contributed by atoms with Crippen LogP contribution in [0.25, 0.3) is 0 Å². The molecule has 0 aromatic carbocycles. The van der Waals surface area contributed by atoms with Crippen molar-refractivity contribution in [1.29, 1.82) is 0 Å². The molecule has 2 heterocycles. The molecule has 13 nitrogen and oxygen atoms in total. The lowest BCUT2D eigenvalue weighted by molar-refractivity contribution is -0.314. The number of allylic oxidation sites excluding steroid dienone is 13. The minimum atomic E-state index is -1.33. The lowest BCUT2D eigenvalue weighted by Crippen LogP contribution is -2.59. The Morgan fingerprint density at radius 2 is 1.67 bits per heavy atom. The van der Waals surface area contributed by atoms with Gasteiger partial charge in [-0.25, -0.2) is 0 Å². The molecule has 0 amide bonds. The van der Waals surface area contributed by atoms with Crippen molar-refractivity contribution in [2.75, 3.05) is 14.2 Å². The van der Waals surface area contributed by atoms with Crippen LogP contribution in [-0.4, -0.2) is 125 Å². The number of ketones is 2. The predicted molar refractivity (Wildman–Crippen MR) is 229 cm³/mol. The van der Waals surface area contributed by atoms with Gasteiger partial charge in [0.25, 0.3) is 0 Å². The molecule has 1 fully saturated rings. The fraction of sp³-hybridized carbons (Fsp3) is 0.511. The summed E-state index contributed by atoms with van der Waals surface area (Å²) in [5, 5.41) is 53.5. The van der Waals surface area contributed by atoms with E-state index in [0.717, 1.165) is 0 Å². The summed E-state index contributed by atoms with van der Waals surface area (Å²) in [5.41, 5.74) is 1.59. The first kappa shape index (κ1) is 52.0. The number of hydrogen-bond donors (Lipinski definition) is 5. The van der Waals surface area contributed by atoms with E-state index in [0.29, 0.717) is 16.7 Å². The van der Waals surface area contributed by atoms with E-state index >= 15 is 0 Å². The zero-order valence-corrected chi connectivity index (χ0v) is 36.2. The highest BCUT2D eigenvalue weighted by Crippen LogP contribution is 2.27. The van der Waals surface area contributed by atoms with E-state index in [1.165, 1.54) is 44.6 Å². The molecule has 0 aromatic rings. The van der Waals surface area contributed by atoms with Gasteiger partial charge in [0.15, 0.2) is 17.9 Å². The van der Waals surface area contributed by atoms with Crippen LogP contribution in [0, 0.1) is 11.8 Å². The Labute approximate surface area is 355 Å². The molecule has 8 unspecified atom stereocenters. The number of aliphatic hydroxyl groups is 5. The Balaban J connectivity index is 2.11. The quantitative estimate of drug-likeness (QED) is 0.0423. The van der Waals surface area contributed by atoms with Gasteiger partial charge in [0.2, 0.25) is 0 Å². The van der Waals surface area contributed by atoms with Crippen LogP contribution in [-0.2, 0) is 38.1 Å². The number of methoxy groups -OCH3 is 2. The van der Waals surface area contributed by atoms with Crippen LogP contribution in [0.5, 0.6) is 0 Å². The normalized spacial score (nSPS) is 34.3. The summed E-state index contributed by atoms with van der Waals surface area (Å²) in [6.07, 6.45) is 17.1. The van der Waals surface area contributed by atoms with Crippen molar-refractivity contribution in [3.05, 3.63) is 120 Å². The van der Waals surface area contributed by atoms with Crippen molar-refractivity contribution < 1.29 is 63.6 Å². The van der Waals surface area contributed by atoms with Crippen molar-refractivity contribution in [1.82, 2.24) is 0 Å². The third kappa shape index (κ3) is 17.1. The molecule has 332 valence electrons. The monoisotopic (exact) mass is 866 g/mol. The van der Waals surface area contributed by atoms with E-state index in [4.69, 9.17) is 23.7 Å². The van der Waals surface area contributed by atoms with Gasteiger partial charge in [-0.2, -0.15) is 0 Å². The van der Waals surface area contributed by atoms with Gasteiger partial charge in [-0.1, -0.05) is 104 Å². The maximum Gasteiger partial charge on any atom is 0.309 e. The van der Waals surface area contributed by atoms with E-state index in [1.54, 1.807) is 121 Å². The Morgan fingerprint density at radius 3 is 2.35 bits per heavy atom. The van der Waals surface area contributed by atoms with Crippen LogP contribution in [0.15, 0.2) is 120 Å². The van der Waals surface area contributed by atoms with Crippen molar-refractivity contribution in [2.45, 2.75) is 129 Å². The number of hydrogen-bond acceptors (Lipinski definition) is 13. The second kappa shape index (κ2) is 26.9. The van der Waals surface area contributed by atoms with Gasteiger partial charge >= 0.3 is 5.97 Å². The topological polar surface area (TPSA) is 199 Å². The number of cyclic esters (lactones) is 1. The highest BCUT2D eigenvalue weighted by atomic mass is 18.4. The summed E-state index contributed by atoms with van der Waals surface area (Å²) >= 11 is 0. The molecule has 0 radical (unpaired) electrons. The molecule has 2 aliphatic heterocycles. The molecule has 1 saturated heterocycles. The van der Waals surface area contributed by atoms with Crippen molar-refractivity contribution >= 4 is 17.5 Å².